The first-order valence-electron chi connectivity index (χ1n) is 7.29. The van der Waals surface area contributed by atoms with Gasteiger partial charge in [0.25, 0.3) is 5.91 Å². The van der Waals surface area contributed by atoms with Crippen LogP contribution in [-0.4, -0.2) is 40.1 Å². The van der Waals surface area contributed by atoms with E-state index in [1.165, 1.54) is 0 Å². The molecule has 2 aromatic rings. The third-order valence-electron chi connectivity index (χ3n) is 3.95. The Hall–Kier alpha value is -2.63. The van der Waals surface area contributed by atoms with Gasteiger partial charge in [0.2, 0.25) is 5.91 Å². The summed E-state index contributed by atoms with van der Waals surface area (Å²) in [5.74, 6) is 0.129. The van der Waals surface area contributed by atoms with E-state index in [0.29, 0.717) is 24.5 Å². The summed E-state index contributed by atoms with van der Waals surface area (Å²) in [4.78, 5) is 26.4. The fraction of sp³-hybridized carbons (Fsp3) is 0.312. The molecule has 1 aliphatic rings. The molecule has 1 aliphatic heterocycles. The molecule has 0 fully saturated rings. The van der Waals surface area contributed by atoms with E-state index in [2.05, 4.69) is 10.4 Å². The lowest BCUT2D eigenvalue weighted by Gasteiger charge is -2.31. The van der Waals surface area contributed by atoms with E-state index in [0.717, 1.165) is 5.56 Å². The number of nitrogens with zero attached hydrogens (tertiary/aromatic N) is 3. The number of aryl methyl sites for hydroxylation is 1. The highest BCUT2D eigenvalue weighted by Gasteiger charge is 2.33. The lowest BCUT2D eigenvalue weighted by molar-refractivity contribution is -0.118. The van der Waals surface area contributed by atoms with Crippen LogP contribution in [0.3, 0.4) is 0 Å². The van der Waals surface area contributed by atoms with Gasteiger partial charge < -0.3 is 10.2 Å². The van der Waals surface area contributed by atoms with E-state index in [1.54, 1.807) is 35.0 Å². The lowest BCUT2D eigenvalue weighted by atomic mass is 9.89. The van der Waals surface area contributed by atoms with Crippen molar-refractivity contribution in [2.75, 3.05) is 18.9 Å². The van der Waals surface area contributed by atoms with Crippen molar-refractivity contribution >= 4 is 17.6 Å². The second-order valence-electron chi connectivity index (χ2n) is 5.35. The highest BCUT2D eigenvalue weighted by atomic mass is 16.2. The summed E-state index contributed by atoms with van der Waals surface area (Å²) in [6, 6.07) is 9.06. The Morgan fingerprint density at radius 3 is 2.91 bits per heavy atom. The first kappa shape index (κ1) is 14.3. The van der Waals surface area contributed by atoms with Crippen molar-refractivity contribution in [1.82, 2.24) is 14.7 Å². The number of carbonyl (C=O) groups is 2. The maximum Gasteiger partial charge on any atom is 0.253 e. The van der Waals surface area contributed by atoms with Crippen LogP contribution in [-0.2, 0) is 11.3 Å². The maximum atomic E-state index is 12.7. The van der Waals surface area contributed by atoms with E-state index in [9.17, 15) is 9.59 Å². The number of hydrogen-bond donors (Lipinski definition) is 1. The normalized spacial score (nSPS) is 17.3. The summed E-state index contributed by atoms with van der Waals surface area (Å²) in [5.41, 5.74) is 1.38. The van der Waals surface area contributed by atoms with Crippen molar-refractivity contribution in [2.45, 2.75) is 19.4 Å². The molecule has 1 atom stereocenters. The molecule has 6 nitrogen and oxygen atoms in total. The van der Waals surface area contributed by atoms with Gasteiger partial charge >= 0.3 is 0 Å². The Morgan fingerprint density at radius 2 is 2.14 bits per heavy atom. The van der Waals surface area contributed by atoms with Crippen LogP contribution in [0.2, 0.25) is 0 Å². The molecular formula is C16H18N4O2. The van der Waals surface area contributed by atoms with Gasteiger partial charge in [0.15, 0.2) is 0 Å². The van der Waals surface area contributed by atoms with Gasteiger partial charge in [-0.3, -0.25) is 9.59 Å². The Bertz CT molecular complexity index is 722. The van der Waals surface area contributed by atoms with Crippen LogP contribution in [0.4, 0.5) is 5.82 Å². The van der Waals surface area contributed by atoms with Crippen LogP contribution >= 0.6 is 0 Å². The van der Waals surface area contributed by atoms with E-state index in [4.69, 9.17) is 0 Å². The van der Waals surface area contributed by atoms with Crippen LogP contribution in [0.25, 0.3) is 0 Å². The molecule has 1 unspecified atom stereocenters. The van der Waals surface area contributed by atoms with E-state index >= 15 is 0 Å². The Balaban J connectivity index is 1.90. The van der Waals surface area contributed by atoms with Crippen molar-refractivity contribution < 1.29 is 9.59 Å². The SMILES string of the molecule is CCn1nccc1NC(=O)C1CN(C)C(=O)c2ccccc21. The zero-order valence-corrected chi connectivity index (χ0v) is 12.6. The summed E-state index contributed by atoms with van der Waals surface area (Å²) in [6.07, 6.45) is 1.66. The lowest BCUT2D eigenvalue weighted by Crippen LogP contribution is -2.41. The highest BCUT2D eigenvalue weighted by molar-refractivity contribution is 6.03. The number of fused-ring (bicyclic) bond motifs is 1. The van der Waals surface area contributed by atoms with Crippen LogP contribution in [0.15, 0.2) is 36.5 Å². The average molecular weight is 298 g/mol. The average Bonchev–Trinajstić information content (AvgIpc) is 2.98. The van der Waals surface area contributed by atoms with E-state index in [-0.39, 0.29) is 17.7 Å². The molecule has 2 heterocycles. The number of nitrogens with one attached hydrogen (secondary N) is 1. The quantitative estimate of drug-likeness (QED) is 0.938. The summed E-state index contributed by atoms with van der Waals surface area (Å²) in [6.45, 7) is 3.02. The molecule has 0 spiro atoms. The standard InChI is InChI=1S/C16H18N4O2/c1-3-20-14(8-9-17-20)18-15(21)13-10-19(2)16(22)12-7-5-4-6-11(12)13/h4-9,13H,3,10H2,1-2H3,(H,18,21). The predicted molar refractivity (Wildman–Crippen MR) is 82.7 cm³/mol. The zero-order valence-electron chi connectivity index (χ0n) is 12.6. The minimum atomic E-state index is -0.376. The summed E-state index contributed by atoms with van der Waals surface area (Å²) in [5, 5.41) is 7.05. The smallest absolute Gasteiger partial charge is 0.253 e. The molecule has 114 valence electrons. The molecule has 22 heavy (non-hydrogen) atoms. The minimum absolute atomic E-state index is 0.0433. The number of carbonyl (C=O) groups excluding carboxylic acids is 2. The zero-order chi connectivity index (χ0) is 15.7. The van der Waals surface area contributed by atoms with Crippen molar-refractivity contribution in [3.8, 4) is 0 Å². The van der Waals surface area contributed by atoms with E-state index in [1.807, 2.05) is 25.1 Å². The van der Waals surface area contributed by atoms with Gasteiger partial charge in [-0.05, 0) is 18.6 Å². The largest absolute Gasteiger partial charge is 0.341 e. The summed E-state index contributed by atoms with van der Waals surface area (Å²) < 4.78 is 1.72. The third kappa shape index (κ3) is 2.36. The monoisotopic (exact) mass is 298 g/mol. The van der Waals surface area contributed by atoms with Gasteiger partial charge in [-0.1, -0.05) is 18.2 Å². The third-order valence-corrected chi connectivity index (χ3v) is 3.95. The number of rotatable bonds is 3. The molecule has 0 bridgehead atoms. The predicted octanol–water partition coefficient (Wildman–Crippen LogP) is 1.71. The van der Waals surface area contributed by atoms with E-state index < -0.39 is 0 Å². The van der Waals surface area contributed by atoms with Gasteiger partial charge in [0.05, 0.1) is 12.1 Å². The van der Waals surface area contributed by atoms with Crippen LogP contribution in [0.1, 0.15) is 28.8 Å². The Morgan fingerprint density at radius 1 is 1.36 bits per heavy atom. The highest BCUT2D eigenvalue weighted by Crippen LogP contribution is 2.28. The first-order chi connectivity index (χ1) is 10.6. The molecular weight excluding hydrogens is 280 g/mol. The fourth-order valence-electron chi connectivity index (χ4n) is 2.78. The topological polar surface area (TPSA) is 67.2 Å². The fourth-order valence-corrected chi connectivity index (χ4v) is 2.78. The summed E-state index contributed by atoms with van der Waals surface area (Å²) >= 11 is 0. The summed E-state index contributed by atoms with van der Waals surface area (Å²) in [7, 11) is 1.72. The number of hydrogen-bond acceptors (Lipinski definition) is 3. The van der Waals surface area contributed by atoms with Crippen LogP contribution < -0.4 is 5.32 Å². The number of likely N-dealkylation sites (N-methyl/N-ethyl adjacent to an activating group) is 1. The number of aromatic nitrogens is 2. The molecule has 0 radical (unpaired) electrons. The molecule has 0 aliphatic carbocycles. The van der Waals surface area contributed by atoms with Gasteiger partial charge in [-0.15, -0.1) is 0 Å². The molecule has 0 saturated heterocycles. The molecule has 1 aromatic carbocycles. The number of benzene rings is 1. The Labute approximate surface area is 128 Å². The number of amides is 2. The molecule has 0 saturated carbocycles. The van der Waals surface area contributed by atoms with Gasteiger partial charge in [0, 0.05) is 31.8 Å². The van der Waals surface area contributed by atoms with Gasteiger partial charge in [-0.2, -0.15) is 5.10 Å². The van der Waals surface area contributed by atoms with Crippen LogP contribution in [0, 0.1) is 0 Å². The molecule has 1 N–H and O–H groups in total. The van der Waals surface area contributed by atoms with Gasteiger partial charge in [-0.25, -0.2) is 4.68 Å². The second kappa shape index (κ2) is 5.63. The van der Waals surface area contributed by atoms with Crippen LogP contribution in [0.5, 0.6) is 0 Å². The molecule has 6 heteroatoms. The van der Waals surface area contributed by atoms with Crippen molar-refractivity contribution in [1.29, 1.82) is 0 Å². The minimum Gasteiger partial charge on any atom is -0.341 e. The Kier molecular flexibility index (Phi) is 3.66. The van der Waals surface area contributed by atoms with Crippen molar-refractivity contribution in [3.63, 3.8) is 0 Å². The second-order valence-corrected chi connectivity index (χ2v) is 5.35. The molecule has 3 rings (SSSR count). The number of anilines is 1. The molecule has 2 amide bonds. The van der Waals surface area contributed by atoms with Crippen molar-refractivity contribution in [2.24, 2.45) is 0 Å². The molecule has 1 aromatic heterocycles. The first-order valence-corrected chi connectivity index (χ1v) is 7.29. The van der Waals surface area contributed by atoms with Gasteiger partial charge in [0.1, 0.15) is 5.82 Å². The maximum absolute atomic E-state index is 12.7. The van der Waals surface area contributed by atoms with Crippen molar-refractivity contribution in [3.05, 3.63) is 47.7 Å².